The summed E-state index contributed by atoms with van der Waals surface area (Å²) in [6.45, 7) is 21.6. The van der Waals surface area contributed by atoms with Crippen molar-refractivity contribution in [3.8, 4) is 104 Å². The van der Waals surface area contributed by atoms with E-state index < -0.39 is 37.2 Å². The third-order valence-corrected chi connectivity index (χ3v) is 26.6. The number of aryl methyl sites for hydroxylation is 5. The topological polar surface area (TPSA) is 445 Å². The van der Waals surface area contributed by atoms with Crippen LogP contribution in [0.3, 0.4) is 0 Å². The average Bonchev–Trinajstić information content (AvgIpc) is 1.60. The van der Waals surface area contributed by atoms with Gasteiger partial charge in [-0.2, -0.15) is 26.3 Å². The van der Waals surface area contributed by atoms with Crippen LogP contribution >= 0.6 is 22.6 Å². The number of sulfonamides is 2. The van der Waals surface area contributed by atoms with E-state index in [0.29, 0.717) is 146 Å². The first-order valence-electron chi connectivity index (χ1n) is 47.2. The second-order valence-corrected chi connectivity index (χ2v) is 39.0. The number of carbonyl (C=O) groups excluding carboxylic acids is 2. The van der Waals surface area contributed by atoms with Crippen molar-refractivity contribution in [1.29, 1.82) is 26.3 Å². The van der Waals surface area contributed by atoms with Gasteiger partial charge in [-0.15, -0.1) is 10.2 Å². The monoisotopic (exact) mass is 2130 g/mol. The molecule has 38 heteroatoms. The lowest BCUT2D eigenvalue weighted by Crippen LogP contribution is -2.28. The highest BCUT2D eigenvalue weighted by atomic mass is 127. The van der Waals surface area contributed by atoms with Crippen molar-refractivity contribution in [3.63, 3.8) is 0 Å². The molecular formula is C109H112IN19O16S2. The maximum Gasteiger partial charge on any atom is 0.411 e. The first-order chi connectivity index (χ1) is 70.7. The number of methoxy groups -OCH3 is 3. The predicted octanol–water partition coefficient (Wildman–Crippen LogP) is 21.8. The fourth-order valence-corrected chi connectivity index (χ4v) is 19.6. The standard InChI is InChI=1S/C29H29N3O3.C24H25N3O4.C22H22N6O3S.C22H26N4O3S.C12H10IN3O3/c1-5-32-27-16-24(34-4)13-14-25(27)26(17-30)28(32)22-7-6-8-23(15-22)31-29(33)35-18-20-9-11-21(12-10-20)19(2)3;1-3-27-22-14-19(29-2)7-8-20(22)21(15-25)23(27)16-5-4-6-17(13-16)26-24(28)31-18-9-11-30-12-10-18;1-3-28-21-12-18(31-11-10-27-14-24-25-15-27)8-9-19(21)20(13-23)22(28)16-4-6-17(7-5-16)26-32(2,29)30;1-5-26-21-14-18(29-13-12-25(2)3)10-11-19(21)20(15-23)22(26)16-6-8-17(9-7-16)24-30(4,27)28;1-3-15-9-5-11(19-2)10(16(17)18)4-7(9)8(6-14)12(15)13/h6-16,19H,5,18H2,1-4H3,(H,31,33);4-8,13-14,18H,3,9-12H2,1-2H3,(H,26,28);4-9,12,14-15,26H,3,10-11H2,1-2H3;6-11,14,24H,5,12-13H2,1-4H3;4-5H,3H2,1-2H3. The molecule has 147 heavy (non-hydrogen) atoms. The molecule has 17 rings (SSSR count). The zero-order valence-electron chi connectivity index (χ0n) is 83.8. The molecule has 0 saturated carbocycles. The summed E-state index contributed by atoms with van der Waals surface area (Å²) in [5, 5.41) is 77.1. The molecule has 1 fully saturated rings. The number of nitro benzene ring substituents is 1. The van der Waals surface area contributed by atoms with Crippen molar-refractivity contribution in [2.75, 3.05) is 101 Å². The zero-order chi connectivity index (χ0) is 106. The van der Waals surface area contributed by atoms with Crippen LogP contribution < -0.4 is 43.8 Å². The molecule has 10 aromatic carbocycles. The van der Waals surface area contributed by atoms with E-state index >= 15 is 0 Å². The molecule has 1 aliphatic heterocycles. The van der Waals surface area contributed by atoms with Crippen LogP contribution in [0.4, 0.5) is 38.0 Å². The number of hydrogen-bond acceptors (Lipinski definition) is 24. The number of aromatic nitrogens is 8. The number of ether oxygens (including phenoxy) is 8. The fraction of sp³-hybridized carbons (Fsp3) is 0.275. The molecule has 758 valence electrons. The van der Waals surface area contributed by atoms with E-state index in [4.69, 9.17) is 37.9 Å². The van der Waals surface area contributed by atoms with E-state index in [0.717, 1.165) is 140 Å². The lowest BCUT2D eigenvalue weighted by atomic mass is 10.0. The van der Waals surface area contributed by atoms with Crippen LogP contribution in [0, 0.1) is 70.5 Å². The van der Waals surface area contributed by atoms with E-state index in [9.17, 15) is 62.8 Å². The first kappa shape index (κ1) is 108. The van der Waals surface area contributed by atoms with E-state index in [1.807, 2.05) is 210 Å². The molecule has 0 spiro atoms. The number of anilines is 4. The molecule has 1 aliphatic rings. The minimum Gasteiger partial charge on any atom is -0.497 e. The number of benzene rings is 10. The molecule has 0 unspecified atom stereocenters. The van der Waals surface area contributed by atoms with E-state index in [-0.39, 0.29) is 24.1 Å². The molecule has 2 amide bonds. The van der Waals surface area contributed by atoms with Gasteiger partial charge in [-0.3, -0.25) is 30.2 Å². The van der Waals surface area contributed by atoms with Gasteiger partial charge in [-0.25, -0.2) is 26.4 Å². The van der Waals surface area contributed by atoms with Crippen molar-refractivity contribution >= 4 is 138 Å². The minimum atomic E-state index is -3.36. The van der Waals surface area contributed by atoms with Crippen molar-refractivity contribution in [3.05, 3.63) is 272 Å². The molecule has 7 heterocycles. The van der Waals surface area contributed by atoms with Crippen LogP contribution in [0.5, 0.6) is 28.7 Å². The lowest BCUT2D eigenvalue weighted by Gasteiger charge is -2.22. The number of nitrogens with one attached hydrogen (secondary N) is 4. The number of carbonyl (C=O) groups is 2. The Morgan fingerprint density at radius 1 is 0.490 bits per heavy atom. The SMILES string of the molecule is CCn1c(-c2ccc(NS(C)(=O)=O)cc2)c(C#N)c2ccc(OCCN(C)C)cc21.CCn1c(-c2ccc(NS(C)(=O)=O)cc2)c(C#N)c2ccc(OCCn3cnnc3)cc21.CCn1c(-c2cccc(NC(=O)OC3CCOCC3)c2)c(C#N)c2ccc(OC)cc21.CCn1c(-c2cccc(NC(=O)OCc3ccc(C(C)C)cc3)c2)c(C#N)c2ccc(OC)cc21.CCn1c(I)c(C#N)c2cc([N+](=O)[O-])c(OC)cc21. The number of rotatable bonds is 31. The Balaban J connectivity index is 0.000000155. The Hall–Kier alpha value is -16.4. The molecule has 0 radical (unpaired) electrons. The number of nitriles is 5. The van der Waals surface area contributed by atoms with Crippen molar-refractivity contribution < 1.29 is 69.2 Å². The summed E-state index contributed by atoms with van der Waals surface area (Å²) < 4.78 is 107. The maximum absolute atomic E-state index is 12.5. The molecule has 6 aromatic heterocycles. The molecule has 0 aliphatic carbocycles. The van der Waals surface area contributed by atoms with Gasteiger partial charge in [0.25, 0.3) is 0 Å². The highest BCUT2D eigenvalue weighted by Crippen LogP contribution is 2.43. The Morgan fingerprint density at radius 2 is 0.891 bits per heavy atom. The summed E-state index contributed by atoms with van der Waals surface area (Å²) in [6.07, 6.45) is 5.77. The maximum atomic E-state index is 12.5. The third kappa shape index (κ3) is 25.9. The highest BCUT2D eigenvalue weighted by Gasteiger charge is 2.28. The molecule has 16 aromatic rings. The zero-order valence-corrected chi connectivity index (χ0v) is 87.6. The van der Waals surface area contributed by atoms with E-state index in [2.05, 4.69) is 132 Å². The van der Waals surface area contributed by atoms with Gasteiger partial charge in [0.05, 0.1) is 140 Å². The third-order valence-electron chi connectivity index (χ3n) is 24.3. The first-order valence-corrected chi connectivity index (χ1v) is 52.1. The Morgan fingerprint density at radius 3 is 1.28 bits per heavy atom. The lowest BCUT2D eigenvalue weighted by molar-refractivity contribution is -0.385. The largest absolute Gasteiger partial charge is 0.497 e. The Bertz CT molecular complexity index is 7970. The Labute approximate surface area is 865 Å². The van der Waals surface area contributed by atoms with Crippen LogP contribution in [0.15, 0.2) is 219 Å². The number of fused-ring (bicyclic) bond motifs is 5. The van der Waals surface area contributed by atoms with Gasteiger partial charge < -0.3 is 70.2 Å². The van der Waals surface area contributed by atoms with E-state index in [1.165, 1.54) is 18.7 Å². The summed E-state index contributed by atoms with van der Waals surface area (Å²) in [5.41, 5.74) is 18.1. The van der Waals surface area contributed by atoms with Gasteiger partial charge in [-0.1, -0.05) is 86.6 Å². The number of hydrogen-bond donors (Lipinski definition) is 4. The second-order valence-electron chi connectivity index (χ2n) is 34.5. The van der Waals surface area contributed by atoms with Crippen LogP contribution in [0.2, 0.25) is 0 Å². The normalized spacial score (nSPS) is 11.8. The summed E-state index contributed by atoms with van der Waals surface area (Å²) in [4.78, 5) is 37.4. The van der Waals surface area contributed by atoms with Crippen LogP contribution in [0.1, 0.15) is 106 Å². The number of nitrogens with zero attached hydrogens (tertiary/aromatic N) is 15. The van der Waals surface area contributed by atoms with Gasteiger partial charge in [0.15, 0.2) is 5.75 Å². The molecule has 35 nitrogen and oxygen atoms in total. The minimum absolute atomic E-state index is 0.125. The number of nitro groups is 1. The van der Waals surface area contributed by atoms with E-state index in [1.54, 1.807) is 63.3 Å². The fourth-order valence-electron chi connectivity index (χ4n) is 17.4. The number of halogens is 1. The van der Waals surface area contributed by atoms with Gasteiger partial charge in [-0.05, 0) is 197 Å². The van der Waals surface area contributed by atoms with Gasteiger partial charge in [0, 0.05) is 149 Å². The van der Waals surface area contributed by atoms with Crippen molar-refractivity contribution in [2.24, 2.45) is 0 Å². The number of amides is 2. The van der Waals surface area contributed by atoms with Crippen molar-refractivity contribution in [2.45, 2.75) is 119 Å². The van der Waals surface area contributed by atoms with Gasteiger partial charge in [0.2, 0.25) is 20.0 Å². The summed E-state index contributed by atoms with van der Waals surface area (Å²) in [6, 6.07) is 74.5. The van der Waals surface area contributed by atoms with Crippen LogP contribution in [0.25, 0.3) is 99.5 Å². The van der Waals surface area contributed by atoms with Crippen LogP contribution in [-0.4, -0.2) is 163 Å². The molecule has 4 N–H and O–H groups in total. The molecule has 0 atom stereocenters. The van der Waals surface area contributed by atoms with Crippen molar-refractivity contribution in [1.82, 2.24) is 42.5 Å². The molecular weight excluding hydrogens is 2020 g/mol. The Kier molecular flexibility index (Phi) is 36.1. The quantitative estimate of drug-likeness (QED) is 0.0178. The van der Waals surface area contributed by atoms with Crippen LogP contribution in [-0.2, 0) is 80.1 Å². The summed E-state index contributed by atoms with van der Waals surface area (Å²) in [5.74, 6) is 3.60. The molecule has 1 saturated heterocycles. The van der Waals surface area contributed by atoms with Gasteiger partial charge >= 0.3 is 17.9 Å². The second kappa shape index (κ2) is 49.2. The number of likely N-dealkylation sites (N-methyl/N-ethyl adjacent to an activating group) is 1. The predicted molar refractivity (Wildman–Crippen MR) is 577 cm³/mol. The molecule has 0 bridgehead atoms. The van der Waals surface area contributed by atoms with Gasteiger partial charge in [0.1, 0.15) is 91.9 Å². The highest BCUT2D eigenvalue weighted by molar-refractivity contribution is 14.1. The average molecular weight is 2140 g/mol. The summed E-state index contributed by atoms with van der Waals surface area (Å²) >= 11 is 2.08. The summed E-state index contributed by atoms with van der Waals surface area (Å²) in [7, 11) is 1.94. The smallest absolute Gasteiger partial charge is 0.411 e.